The number of amides is 1. The highest BCUT2D eigenvalue weighted by Gasteiger charge is 2.25. The average Bonchev–Trinajstić information content (AvgIpc) is 2.69. The lowest BCUT2D eigenvalue weighted by molar-refractivity contribution is -0.109. The predicted molar refractivity (Wildman–Crippen MR) is 122 cm³/mol. The molecule has 1 aromatic rings. The molecule has 1 aliphatic rings. The number of likely N-dealkylation sites (tertiary alicyclic amines) is 1. The van der Waals surface area contributed by atoms with Crippen LogP contribution in [0.25, 0.3) is 0 Å². The van der Waals surface area contributed by atoms with Crippen LogP contribution in [0.2, 0.25) is 0 Å². The summed E-state index contributed by atoms with van der Waals surface area (Å²) in [6, 6.07) is 6.52. The molecule has 1 fully saturated rings. The van der Waals surface area contributed by atoms with Crippen molar-refractivity contribution in [1.29, 1.82) is 0 Å². The van der Waals surface area contributed by atoms with E-state index >= 15 is 0 Å². The van der Waals surface area contributed by atoms with Crippen LogP contribution in [-0.4, -0.2) is 74.5 Å². The smallest absolute Gasteiger partial charge is 0.410 e. The van der Waals surface area contributed by atoms with Gasteiger partial charge in [-0.2, -0.15) is 0 Å². The van der Waals surface area contributed by atoms with Gasteiger partial charge in [0.25, 0.3) is 0 Å². The molecule has 1 heterocycles. The summed E-state index contributed by atoms with van der Waals surface area (Å²) in [4.78, 5) is 25.6. The van der Waals surface area contributed by atoms with Gasteiger partial charge in [-0.1, -0.05) is 11.8 Å². The molecule has 1 aromatic carbocycles. The van der Waals surface area contributed by atoms with Crippen LogP contribution in [0.1, 0.15) is 33.6 Å². The van der Waals surface area contributed by atoms with Crippen LogP contribution in [0, 0.1) is 0 Å². The van der Waals surface area contributed by atoms with Crippen molar-refractivity contribution in [1.82, 2.24) is 4.90 Å². The summed E-state index contributed by atoms with van der Waals surface area (Å²) < 4.78 is 34.4. The van der Waals surface area contributed by atoms with Gasteiger partial charge >= 0.3 is 6.09 Å². The van der Waals surface area contributed by atoms with Gasteiger partial charge in [0, 0.05) is 38.5 Å². The Balaban J connectivity index is 1.81. The van der Waals surface area contributed by atoms with Crippen molar-refractivity contribution in [2.45, 2.75) is 56.0 Å². The molecule has 1 unspecified atom stereocenters. The summed E-state index contributed by atoms with van der Waals surface area (Å²) >= 11 is 1.22. The second-order valence-corrected chi connectivity index (χ2v) is 11.4. The molecule has 1 atom stereocenters. The van der Waals surface area contributed by atoms with Gasteiger partial charge in [-0.05, 0) is 51.0 Å². The molecule has 0 aliphatic carbocycles. The van der Waals surface area contributed by atoms with Crippen LogP contribution in [0.15, 0.2) is 29.2 Å². The van der Waals surface area contributed by atoms with Gasteiger partial charge in [-0.3, -0.25) is 4.79 Å². The maximum Gasteiger partial charge on any atom is 0.410 e. The number of anilines is 1. The van der Waals surface area contributed by atoms with Gasteiger partial charge in [-0.15, -0.1) is 0 Å². The number of carbonyl (C=O) groups excluding carboxylic acids is 2. The first-order valence-corrected chi connectivity index (χ1v) is 13.1. The molecule has 1 saturated heterocycles. The first-order chi connectivity index (χ1) is 14.5. The molecule has 1 N–H and O–H groups in total. The lowest BCUT2D eigenvalue weighted by Gasteiger charge is -2.32. The second-order valence-electron chi connectivity index (χ2n) is 7.86. The highest BCUT2D eigenvalue weighted by molar-refractivity contribution is 8.14. The van der Waals surface area contributed by atoms with Crippen molar-refractivity contribution in [2.24, 2.45) is 0 Å². The summed E-state index contributed by atoms with van der Waals surface area (Å²) in [6.45, 7) is 7.26. The fraction of sp³-hybridized carbons (Fsp3) is 0.619. The molecule has 174 valence electrons. The number of nitrogens with zero attached hydrogens (tertiary/aromatic N) is 1. The molecule has 0 radical (unpaired) electrons. The first-order valence-electron chi connectivity index (χ1n) is 10.3. The maximum atomic E-state index is 12.0. The summed E-state index contributed by atoms with van der Waals surface area (Å²) in [5, 5.41) is 3.16. The van der Waals surface area contributed by atoms with E-state index in [1.165, 1.54) is 24.9 Å². The topological polar surface area (TPSA) is 102 Å². The predicted octanol–water partition coefficient (Wildman–Crippen LogP) is 3.18. The molecular weight excluding hydrogens is 440 g/mol. The molecule has 10 heteroatoms. The van der Waals surface area contributed by atoms with E-state index < -0.39 is 9.84 Å². The van der Waals surface area contributed by atoms with Crippen LogP contribution in [0.4, 0.5) is 10.5 Å². The summed E-state index contributed by atoms with van der Waals surface area (Å²) in [6.07, 6.45) is 2.23. The Labute approximate surface area is 189 Å². The van der Waals surface area contributed by atoms with Gasteiger partial charge in [0.2, 0.25) is 0 Å². The van der Waals surface area contributed by atoms with Crippen molar-refractivity contribution >= 4 is 38.5 Å². The standard InChI is InChI=1S/C21H32N2O6S2/c1-15(2)29-21(25)23-11-9-18(10-12-23)28-14-19(30-16(3)24)13-22-17-5-7-20(8-6-17)31(4,26)27/h5-8,15,18-19,22H,9-14H2,1-4H3. The van der Waals surface area contributed by atoms with Gasteiger partial charge < -0.3 is 19.7 Å². The Morgan fingerprint density at radius 2 is 1.81 bits per heavy atom. The molecule has 0 bridgehead atoms. The number of ether oxygens (including phenoxy) is 2. The third-order valence-corrected chi connectivity index (χ3v) is 6.80. The molecule has 0 spiro atoms. The number of hydrogen-bond acceptors (Lipinski definition) is 8. The summed E-state index contributed by atoms with van der Waals surface area (Å²) in [5.74, 6) is 0. The normalized spacial score (nSPS) is 16.2. The molecular formula is C21H32N2O6S2. The largest absolute Gasteiger partial charge is 0.447 e. The van der Waals surface area contributed by atoms with E-state index in [9.17, 15) is 18.0 Å². The zero-order valence-corrected chi connectivity index (χ0v) is 20.1. The van der Waals surface area contributed by atoms with E-state index in [-0.39, 0.29) is 33.6 Å². The number of nitrogens with one attached hydrogen (secondary N) is 1. The monoisotopic (exact) mass is 472 g/mol. The van der Waals surface area contributed by atoms with Crippen molar-refractivity contribution in [3.05, 3.63) is 24.3 Å². The fourth-order valence-corrected chi connectivity index (χ4v) is 4.56. The highest BCUT2D eigenvalue weighted by atomic mass is 32.2. The second kappa shape index (κ2) is 11.7. The fourth-order valence-electron chi connectivity index (χ4n) is 3.15. The molecule has 1 aliphatic heterocycles. The van der Waals surface area contributed by atoms with Crippen LogP contribution >= 0.6 is 11.8 Å². The lowest BCUT2D eigenvalue weighted by atomic mass is 10.1. The maximum absolute atomic E-state index is 12.0. The van der Waals surface area contributed by atoms with Gasteiger partial charge in [0.15, 0.2) is 15.0 Å². The van der Waals surface area contributed by atoms with E-state index in [0.29, 0.717) is 26.2 Å². The Morgan fingerprint density at radius 1 is 1.19 bits per heavy atom. The van der Waals surface area contributed by atoms with E-state index in [0.717, 1.165) is 18.5 Å². The van der Waals surface area contributed by atoms with Crippen molar-refractivity contribution < 1.29 is 27.5 Å². The Hall–Kier alpha value is -1.78. The molecule has 0 aromatic heterocycles. The van der Waals surface area contributed by atoms with Crippen LogP contribution in [-0.2, 0) is 24.1 Å². The van der Waals surface area contributed by atoms with Crippen molar-refractivity contribution in [2.75, 3.05) is 37.8 Å². The minimum Gasteiger partial charge on any atom is -0.447 e. The number of thioether (sulfide) groups is 1. The number of benzene rings is 1. The number of rotatable bonds is 9. The molecule has 0 saturated carbocycles. The lowest BCUT2D eigenvalue weighted by Crippen LogP contribution is -2.42. The average molecular weight is 473 g/mol. The quantitative estimate of drug-likeness (QED) is 0.585. The Bertz CT molecular complexity index is 834. The minimum absolute atomic E-state index is 0.00840. The number of hydrogen-bond donors (Lipinski definition) is 1. The zero-order valence-electron chi connectivity index (χ0n) is 18.5. The van der Waals surface area contributed by atoms with E-state index in [2.05, 4.69) is 5.32 Å². The van der Waals surface area contributed by atoms with Gasteiger partial charge in [0.1, 0.15) is 0 Å². The van der Waals surface area contributed by atoms with Gasteiger partial charge in [0.05, 0.1) is 29.0 Å². The SMILES string of the molecule is CC(=O)SC(CNc1ccc(S(C)(=O)=O)cc1)COC1CCN(C(=O)OC(C)C)CC1. The third-order valence-electron chi connectivity index (χ3n) is 4.70. The van der Waals surface area contributed by atoms with Crippen LogP contribution in [0.5, 0.6) is 0 Å². The van der Waals surface area contributed by atoms with Gasteiger partial charge in [-0.25, -0.2) is 13.2 Å². The summed E-state index contributed by atoms with van der Waals surface area (Å²) in [7, 11) is -3.23. The molecule has 8 nitrogen and oxygen atoms in total. The number of carbonyl (C=O) groups is 2. The molecule has 31 heavy (non-hydrogen) atoms. The molecule has 1 amide bonds. The van der Waals surface area contributed by atoms with E-state index in [1.807, 2.05) is 13.8 Å². The number of piperidine rings is 1. The van der Waals surface area contributed by atoms with E-state index in [4.69, 9.17) is 9.47 Å². The Morgan fingerprint density at radius 3 is 2.32 bits per heavy atom. The van der Waals surface area contributed by atoms with Crippen LogP contribution in [0.3, 0.4) is 0 Å². The zero-order chi connectivity index (χ0) is 23.0. The highest BCUT2D eigenvalue weighted by Crippen LogP contribution is 2.20. The Kier molecular flexibility index (Phi) is 9.64. The van der Waals surface area contributed by atoms with Crippen molar-refractivity contribution in [3.63, 3.8) is 0 Å². The van der Waals surface area contributed by atoms with E-state index in [1.54, 1.807) is 29.2 Å². The first kappa shape index (κ1) is 25.5. The number of sulfone groups is 1. The third kappa shape index (κ3) is 9.08. The molecule has 2 rings (SSSR count). The summed E-state index contributed by atoms with van der Waals surface area (Å²) in [5.41, 5.74) is 0.776. The van der Waals surface area contributed by atoms with Crippen molar-refractivity contribution in [3.8, 4) is 0 Å². The van der Waals surface area contributed by atoms with Crippen LogP contribution < -0.4 is 5.32 Å². The minimum atomic E-state index is -3.23.